The molecule has 27 heavy (non-hydrogen) atoms. The summed E-state index contributed by atoms with van der Waals surface area (Å²) in [6.45, 7) is 3.00. The lowest BCUT2D eigenvalue weighted by molar-refractivity contribution is 0.0932. The summed E-state index contributed by atoms with van der Waals surface area (Å²) in [5, 5.41) is 2.13. The monoisotopic (exact) mass is 382 g/mol. The molecule has 0 aromatic carbocycles. The molecule has 1 aliphatic heterocycles. The van der Waals surface area contributed by atoms with Crippen molar-refractivity contribution in [3.05, 3.63) is 65.1 Å². The van der Waals surface area contributed by atoms with Crippen molar-refractivity contribution in [1.82, 2.24) is 14.9 Å². The van der Waals surface area contributed by atoms with Crippen LogP contribution in [0, 0.1) is 0 Å². The fourth-order valence-electron chi connectivity index (χ4n) is 3.52. The Morgan fingerprint density at radius 2 is 2.15 bits per heavy atom. The molecule has 0 aliphatic carbocycles. The number of anilines is 1. The first-order valence-corrected chi connectivity index (χ1v) is 10.1. The van der Waals surface area contributed by atoms with Gasteiger partial charge in [-0.05, 0) is 42.8 Å². The number of carbonyl (C=O) groups is 1. The molecule has 4 heterocycles. The molecule has 6 nitrogen and oxygen atoms in total. The van der Waals surface area contributed by atoms with E-state index in [1.54, 1.807) is 35.6 Å². The van der Waals surface area contributed by atoms with E-state index < -0.39 is 0 Å². The van der Waals surface area contributed by atoms with E-state index in [9.17, 15) is 4.79 Å². The number of aromatic nitrogens is 2. The van der Waals surface area contributed by atoms with Gasteiger partial charge in [0.1, 0.15) is 0 Å². The quantitative estimate of drug-likeness (QED) is 0.653. The lowest BCUT2D eigenvalue weighted by Crippen LogP contribution is -2.48. The van der Waals surface area contributed by atoms with E-state index >= 15 is 0 Å². The zero-order chi connectivity index (χ0) is 18.5. The van der Waals surface area contributed by atoms with Gasteiger partial charge in [-0.1, -0.05) is 6.07 Å². The molecule has 4 rings (SSSR count). The minimum atomic E-state index is -0.155. The van der Waals surface area contributed by atoms with Crippen LogP contribution in [0.1, 0.15) is 28.3 Å². The van der Waals surface area contributed by atoms with Crippen LogP contribution in [0.3, 0.4) is 0 Å². The molecular weight excluding hydrogens is 360 g/mol. The summed E-state index contributed by atoms with van der Waals surface area (Å²) >= 11 is 1.81. The van der Waals surface area contributed by atoms with Crippen molar-refractivity contribution in [2.45, 2.75) is 25.3 Å². The van der Waals surface area contributed by atoms with E-state index in [4.69, 9.17) is 4.42 Å². The summed E-state index contributed by atoms with van der Waals surface area (Å²) in [5.41, 5.74) is 0. The van der Waals surface area contributed by atoms with Gasteiger partial charge in [0.25, 0.3) is 5.91 Å². The van der Waals surface area contributed by atoms with Crippen LogP contribution in [0.15, 0.2) is 58.9 Å². The summed E-state index contributed by atoms with van der Waals surface area (Å²) < 4.78 is 5.34. The maximum atomic E-state index is 13.0. The highest BCUT2D eigenvalue weighted by atomic mass is 32.1. The van der Waals surface area contributed by atoms with E-state index in [2.05, 4.69) is 32.4 Å². The van der Waals surface area contributed by atoms with E-state index in [0.29, 0.717) is 11.6 Å². The molecule has 3 aromatic heterocycles. The van der Waals surface area contributed by atoms with Gasteiger partial charge in [-0.3, -0.25) is 14.7 Å². The fourth-order valence-corrected chi connectivity index (χ4v) is 4.21. The van der Waals surface area contributed by atoms with Gasteiger partial charge >= 0.3 is 0 Å². The third-order valence-electron chi connectivity index (χ3n) is 4.92. The van der Waals surface area contributed by atoms with Crippen molar-refractivity contribution < 1.29 is 9.21 Å². The number of amides is 1. The number of likely N-dealkylation sites (tertiary alicyclic amines) is 1. The number of piperidine rings is 1. The van der Waals surface area contributed by atoms with Crippen LogP contribution in [0.5, 0.6) is 0 Å². The summed E-state index contributed by atoms with van der Waals surface area (Å²) in [7, 11) is 0. The third kappa shape index (κ3) is 4.26. The lowest BCUT2D eigenvalue weighted by atomic mass is 10.0. The summed E-state index contributed by atoms with van der Waals surface area (Å²) in [5.74, 6) is 0.759. The lowest BCUT2D eigenvalue weighted by Gasteiger charge is -2.37. The first kappa shape index (κ1) is 17.9. The first-order valence-electron chi connectivity index (χ1n) is 9.19. The van der Waals surface area contributed by atoms with E-state index in [1.165, 1.54) is 11.1 Å². The van der Waals surface area contributed by atoms with Gasteiger partial charge < -0.3 is 9.32 Å². The second-order valence-electron chi connectivity index (χ2n) is 6.62. The molecule has 1 fully saturated rings. The minimum absolute atomic E-state index is 0.0947. The van der Waals surface area contributed by atoms with E-state index in [1.807, 2.05) is 11.3 Å². The Kier molecular flexibility index (Phi) is 5.60. The molecule has 0 spiro atoms. The average molecular weight is 382 g/mol. The number of furan rings is 1. The number of hydrogen-bond acceptors (Lipinski definition) is 6. The molecule has 1 aliphatic rings. The van der Waals surface area contributed by atoms with Gasteiger partial charge in [-0.2, -0.15) is 0 Å². The molecule has 0 saturated carbocycles. The summed E-state index contributed by atoms with van der Waals surface area (Å²) in [6.07, 6.45) is 9.31. The van der Waals surface area contributed by atoms with Gasteiger partial charge in [0.05, 0.1) is 12.5 Å². The topological polar surface area (TPSA) is 62.5 Å². The standard InChI is InChI=1S/C20H22N4O2S/c25-20(18-4-1-13-26-18)24(19-15-21-8-9-22-19)16-5-10-23(11-6-16)12-7-17-3-2-14-27-17/h1-4,8-9,13-16H,5-7,10-12H2. The maximum absolute atomic E-state index is 13.0. The van der Waals surface area contributed by atoms with Gasteiger partial charge in [-0.25, -0.2) is 4.98 Å². The Morgan fingerprint density at radius 1 is 1.26 bits per heavy atom. The maximum Gasteiger partial charge on any atom is 0.295 e. The number of nitrogens with zero attached hydrogens (tertiary/aromatic N) is 4. The van der Waals surface area contributed by atoms with Crippen LogP contribution in [0.25, 0.3) is 0 Å². The van der Waals surface area contributed by atoms with Gasteiger partial charge in [-0.15, -0.1) is 11.3 Å². The smallest absolute Gasteiger partial charge is 0.295 e. The first-order chi connectivity index (χ1) is 13.3. The highest BCUT2D eigenvalue weighted by Crippen LogP contribution is 2.24. The van der Waals surface area contributed by atoms with Crippen LogP contribution in [-0.4, -0.2) is 46.5 Å². The summed E-state index contributed by atoms with van der Waals surface area (Å²) in [4.78, 5) is 27.2. The minimum Gasteiger partial charge on any atom is -0.459 e. The normalized spacial score (nSPS) is 15.7. The van der Waals surface area contributed by atoms with Gasteiger partial charge in [0.15, 0.2) is 11.6 Å². The predicted molar refractivity (Wildman–Crippen MR) is 105 cm³/mol. The SMILES string of the molecule is O=C(c1ccco1)N(c1cnccn1)C1CCN(CCc2cccs2)CC1. The highest BCUT2D eigenvalue weighted by Gasteiger charge is 2.31. The molecule has 0 atom stereocenters. The Hall–Kier alpha value is -2.51. The van der Waals surface area contributed by atoms with E-state index in [0.717, 1.165) is 38.9 Å². The molecule has 140 valence electrons. The zero-order valence-electron chi connectivity index (χ0n) is 15.0. The van der Waals surface area contributed by atoms with Crippen molar-refractivity contribution in [3.8, 4) is 0 Å². The fraction of sp³-hybridized carbons (Fsp3) is 0.350. The molecule has 0 radical (unpaired) electrons. The zero-order valence-corrected chi connectivity index (χ0v) is 15.8. The number of rotatable bonds is 6. The molecular formula is C20H22N4O2S. The van der Waals surface area contributed by atoms with Crippen molar-refractivity contribution in [3.63, 3.8) is 0 Å². The Bertz CT molecular complexity index is 828. The predicted octanol–water partition coefficient (Wildman–Crippen LogP) is 3.49. The Morgan fingerprint density at radius 3 is 2.81 bits per heavy atom. The van der Waals surface area contributed by atoms with Crippen molar-refractivity contribution in [2.75, 3.05) is 24.5 Å². The second kappa shape index (κ2) is 8.45. The van der Waals surface area contributed by atoms with Crippen LogP contribution < -0.4 is 4.90 Å². The van der Waals surface area contributed by atoms with Gasteiger partial charge in [0, 0.05) is 42.9 Å². The molecule has 0 bridgehead atoms. The average Bonchev–Trinajstić information content (AvgIpc) is 3.42. The Balaban J connectivity index is 1.43. The van der Waals surface area contributed by atoms with Crippen LogP contribution in [0.2, 0.25) is 0 Å². The van der Waals surface area contributed by atoms with Crippen LogP contribution >= 0.6 is 11.3 Å². The van der Waals surface area contributed by atoms with Gasteiger partial charge in [0.2, 0.25) is 0 Å². The highest BCUT2D eigenvalue weighted by molar-refractivity contribution is 7.09. The molecule has 1 amide bonds. The molecule has 0 N–H and O–H groups in total. The third-order valence-corrected chi connectivity index (χ3v) is 5.86. The second-order valence-corrected chi connectivity index (χ2v) is 7.65. The summed E-state index contributed by atoms with van der Waals surface area (Å²) in [6, 6.07) is 7.81. The number of thiophene rings is 1. The van der Waals surface area contributed by atoms with E-state index in [-0.39, 0.29) is 11.9 Å². The van der Waals surface area contributed by atoms with Crippen molar-refractivity contribution in [2.24, 2.45) is 0 Å². The number of carbonyl (C=O) groups excluding carboxylic acids is 1. The molecule has 1 saturated heterocycles. The molecule has 3 aromatic rings. The molecule has 0 unspecified atom stereocenters. The number of hydrogen-bond donors (Lipinski definition) is 0. The van der Waals surface area contributed by atoms with Crippen molar-refractivity contribution in [1.29, 1.82) is 0 Å². The van der Waals surface area contributed by atoms with Crippen LogP contribution in [-0.2, 0) is 6.42 Å². The molecule has 7 heteroatoms. The van der Waals surface area contributed by atoms with Crippen LogP contribution in [0.4, 0.5) is 5.82 Å². The largest absolute Gasteiger partial charge is 0.459 e. The Labute approximate surface area is 162 Å². The van der Waals surface area contributed by atoms with Crippen molar-refractivity contribution >= 4 is 23.1 Å².